The minimum Gasteiger partial charge on any atom is -0.488 e. The van der Waals surface area contributed by atoms with Crippen LogP contribution in [0.5, 0.6) is 5.75 Å². The van der Waals surface area contributed by atoms with E-state index in [1.54, 1.807) is 30.1 Å². The topological polar surface area (TPSA) is 67.8 Å². The van der Waals surface area contributed by atoms with Gasteiger partial charge >= 0.3 is 0 Å². The maximum absolute atomic E-state index is 6.17. The van der Waals surface area contributed by atoms with Crippen molar-refractivity contribution in [2.24, 2.45) is 4.99 Å². The first-order chi connectivity index (χ1) is 13.7. The monoisotopic (exact) mass is 420 g/mol. The van der Waals surface area contributed by atoms with Crippen LogP contribution in [0.2, 0.25) is 0 Å². The molecule has 2 heterocycles. The van der Waals surface area contributed by atoms with Gasteiger partial charge in [-0.25, -0.2) is 4.98 Å². The fraction of sp³-hybridized carbons (Fsp3) is 0.500. The number of thioether (sulfide) groups is 1. The SMILES string of the molecule is CN=C(NCCCSc1nccs1)NCc1ccc(C)cc1OC1CCOC1. The van der Waals surface area contributed by atoms with Gasteiger partial charge in [-0.3, -0.25) is 4.99 Å². The smallest absolute Gasteiger partial charge is 0.191 e. The first-order valence-corrected chi connectivity index (χ1v) is 11.4. The second-order valence-corrected chi connectivity index (χ2v) is 8.80. The molecule has 2 N–H and O–H groups in total. The molecule has 3 rings (SSSR count). The van der Waals surface area contributed by atoms with Crippen LogP contribution in [0, 0.1) is 6.92 Å². The molecule has 0 saturated carbocycles. The molecule has 1 aliphatic rings. The van der Waals surface area contributed by atoms with Crippen molar-refractivity contribution in [2.45, 2.75) is 36.8 Å². The molecule has 1 unspecified atom stereocenters. The standard InChI is InChI=1S/C20H28N4O2S2/c1-15-4-5-16(18(12-15)26-17-6-9-25-14-17)13-24-19(21-2)22-7-3-10-27-20-23-8-11-28-20/h4-5,8,11-12,17H,3,6-7,9-10,13-14H2,1-2H3,(H2,21,22,24). The van der Waals surface area contributed by atoms with E-state index in [0.29, 0.717) is 13.2 Å². The minimum atomic E-state index is 0.147. The molecule has 28 heavy (non-hydrogen) atoms. The third kappa shape index (κ3) is 6.68. The van der Waals surface area contributed by atoms with Crippen LogP contribution in [0.15, 0.2) is 39.1 Å². The lowest BCUT2D eigenvalue weighted by Crippen LogP contribution is -2.37. The maximum atomic E-state index is 6.17. The van der Waals surface area contributed by atoms with Crippen LogP contribution in [0.3, 0.4) is 0 Å². The van der Waals surface area contributed by atoms with Crippen molar-refractivity contribution >= 4 is 29.1 Å². The number of ether oxygens (including phenoxy) is 2. The van der Waals surface area contributed by atoms with Crippen LogP contribution in [-0.2, 0) is 11.3 Å². The molecule has 0 bridgehead atoms. The molecule has 6 nitrogen and oxygen atoms in total. The Hall–Kier alpha value is -1.77. The summed E-state index contributed by atoms with van der Waals surface area (Å²) in [6.45, 7) is 5.06. The van der Waals surface area contributed by atoms with Crippen molar-refractivity contribution < 1.29 is 9.47 Å². The number of hydrogen-bond acceptors (Lipinski definition) is 6. The zero-order chi connectivity index (χ0) is 19.6. The lowest BCUT2D eigenvalue weighted by atomic mass is 10.1. The summed E-state index contributed by atoms with van der Waals surface area (Å²) in [4.78, 5) is 8.60. The van der Waals surface area contributed by atoms with Gasteiger partial charge < -0.3 is 20.1 Å². The van der Waals surface area contributed by atoms with Crippen molar-refractivity contribution in [3.8, 4) is 5.75 Å². The van der Waals surface area contributed by atoms with Gasteiger partial charge in [-0.2, -0.15) is 0 Å². The summed E-state index contributed by atoms with van der Waals surface area (Å²) in [5.41, 5.74) is 2.32. The average molecular weight is 421 g/mol. The molecule has 1 fully saturated rings. The molecule has 1 aliphatic heterocycles. The number of aromatic nitrogens is 1. The lowest BCUT2D eigenvalue weighted by Gasteiger charge is -2.18. The first-order valence-electron chi connectivity index (χ1n) is 9.55. The van der Waals surface area contributed by atoms with E-state index >= 15 is 0 Å². The van der Waals surface area contributed by atoms with E-state index in [9.17, 15) is 0 Å². The minimum absolute atomic E-state index is 0.147. The summed E-state index contributed by atoms with van der Waals surface area (Å²) in [6.07, 6.45) is 3.99. The third-order valence-electron chi connectivity index (χ3n) is 4.32. The number of thiazole rings is 1. The van der Waals surface area contributed by atoms with Crippen LogP contribution in [-0.4, -0.2) is 49.6 Å². The van der Waals surface area contributed by atoms with Crippen LogP contribution in [0.4, 0.5) is 0 Å². The van der Waals surface area contributed by atoms with Gasteiger partial charge in [0.15, 0.2) is 5.96 Å². The zero-order valence-electron chi connectivity index (χ0n) is 16.4. The number of benzene rings is 1. The van der Waals surface area contributed by atoms with Gasteiger partial charge in [-0.05, 0) is 25.0 Å². The van der Waals surface area contributed by atoms with Crippen LogP contribution >= 0.6 is 23.1 Å². The highest BCUT2D eigenvalue weighted by Crippen LogP contribution is 2.24. The van der Waals surface area contributed by atoms with E-state index < -0.39 is 0 Å². The normalized spacial score (nSPS) is 16.9. The predicted octanol–water partition coefficient (Wildman–Crippen LogP) is 3.47. The van der Waals surface area contributed by atoms with E-state index in [1.165, 1.54) is 5.56 Å². The summed E-state index contributed by atoms with van der Waals surface area (Å²) >= 11 is 3.48. The summed E-state index contributed by atoms with van der Waals surface area (Å²) in [7, 11) is 1.79. The lowest BCUT2D eigenvalue weighted by molar-refractivity contribution is 0.140. The van der Waals surface area contributed by atoms with E-state index in [0.717, 1.165) is 53.4 Å². The first kappa shape index (κ1) is 21.0. The summed E-state index contributed by atoms with van der Waals surface area (Å²) in [6, 6.07) is 6.33. The molecule has 1 saturated heterocycles. The van der Waals surface area contributed by atoms with Crippen LogP contribution < -0.4 is 15.4 Å². The summed E-state index contributed by atoms with van der Waals surface area (Å²) in [5, 5.41) is 8.77. The summed E-state index contributed by atoms with van der Waals surface area (Å²) < 4.78 is 12.7. The van der Waals surface area contributed by atoms with E-state index in [-0.39, 0.29) is 6.10 Å². The Labute approximate surface area is 175 Å². The number of nitrogens with one attached hydrogen (secondary N) is 2. The van der Waals surface area contributed by atoms with Gasteiger partial charge in [-0.1, -0.05) is 23.9 Å². The maximum Gasteiger partial charge on any atom is 0.191 e. The van der Waals surface area contributed by atoms with Crippen molar-refractivity contribution in [3.05, 3.63) is 40.9 Å². The molecule has 0 spiro atoms. The Morgan fingerprint density at radius 1 is 1.43 bits per heavy atom. The Bertz CT molecular complexity index is 747. The predicted molar refractivity (Wildman–Crippen MR) is 117 cm³/mol. The fourth-order valence-electron chi connectivity index (χ4n) is 2.82. The number of aryl methyl sites for hydroxylation is 1. The van der Waals surface area contributed by atoms with Gasteiger partial charge in [0.25, 0.3) is 0 Å². The second kappa shape index (κ2) is 11.3. The molecular formula is C20H28N4O2S2. The number of rotatable bonds is 9. The van der Waals surface area contributed by atoms with Gasteiger partial charge in [-0.15, -0.1) is 11.3 Å². The molecule has 1 atom stereocenters. The number of aliphatic imine (C=N–C) groups is 1. The Kier molecular flexibility index (Phi) is 8.44. The largest absolute Gasteiger partial charge is 0.488 e. The molecule has 0 aliphatic carbocycles. The fourth-order valence-corrected chi connectivity index (χ4v) is 4.47. The summed E-state index contributed by atoms with van der Waals surface area (Å²) in [5.74, 6) is 2.77. The van der Waals surface area contributed by atoms with Crippen molar-refractivity contribution in [3.63, 3.8) is 0 Å². The highest BCUT2D eigenvalue weighted by molar-refractivity contribution is 8.00. The second-order valence-electron chi connectivity index (χ2n) is 6.57. The van der Waals surface area contributed by atoms with E-state index in [4.69, 9.17) is 9.47 Å². The third-order valence-corrected chi connectivity index (χ3v) is 6.38. The highest BCUT2D eigenvalue weighted by Gasteiger charge is 2.18. The molecule has 0 radical (unpaired) electrons. The Morgan fingerprint density at radius 3 is 3.11 bits per heavy atom. The molecule has 1 aromatic carbocycles. The van der Waals surface area contributed by atoms with E-state index in [1.807, 2.05) is 11.6 Å². The van der Waals surface area contributed by atoms with Gasteiger partial charge in [0.2, 0.25) is 0 Å². The van der Waals surface area contributed by atoms with Crippen LogP contribution in [0.1, 0.15) is 24.0 Å². The van der Waals surface area contributed by atoms with Gasteiger partial charge in [0.05, 0.1) is 13.2 Å². The van der Waals surface area contributed by atoms with Gasteiger partial charge in [0, 0.05) is 49.5 Å². The molecule has 2 aromatic rings. The van der Waals surface area contributed by atoms with Crippen LogP contribution in [0.25, 0.3) is 0 Å². The number of guanidine groups is 1. The van der Waals surface area contributed by atoms with Crippen molar-refractivity contribution in [2.75, 3.05) is 32.6 Å². The van der Waals surface area contributed by atoms with Gasteiger partial charge in [0.1, 0.15) is 16.2 Å². The van der Waals surface area contributed by atoms with E-state index in [2.05, 4.69) is 45.7 Å². The quantitative estimate of drug-likeness (QED) is 0.280. The Balaban J connectivity index is 1.43. The van der Waals surface area contributed by atoms with Crippen molar-refractivity contribution in [1.82, 2.24) is 15.6 Å². The Morgan fingerprint density at radius 2 is 2.36 bits per heavy atom. The molecule has 1 aromatic heterocycles. The van der Waals surface area contributed by atoms with Crippen molar-refractivity contribution in [1.29, 1.82) is 0 Å². The molecule has 0 amide bonds. The molecule has 152 valence electrons. The highest BCUT2D eigenvalue weighted by atomic mass is 32.2. The number of hydrogen-bond donors (Lipinski definition) is 2. The molecule has 8 heteroatoms. The molecular weight excluding hydrogens is 392 g/mol. The average Bonchev–Trinajstić information content (AvgIpc) is 3.39. The number of nitrogens with zero attached hydrogens (tertiary/aromatic N) is 2. The zero-order valence-corrected chi connectivity index (χ0v) is 18.1.